The summed E-state index contributed by atoms with van der Waals surface area (Å²) < 4.78 is 4.72. The minimum absolute atomic E-state index is 0.133. The first kappa shape index (κ1) is 9.99. The van der Waals surface area contributed by atoms with Gasteiger partial charge in [0.1, 0.15) is 17.8 Å². The topological polar surface area (TPSA) is 95.2 Å². The van der Waals surface area contributed by atoms with Gasteiger partial charge in [0.2, 0.25) is 0 Å². The van der Waals surface area contributed by atoms with E-state index in [0.717, 1.165) is 6.40 Å². The van der Waals surface area contributed by atoms with Gasteiger partial charge >= 0.3 is 0 Å². The van der Waals surface area contributed by atoms with Crippen LogP contribution in [0, 0.1) is 22.7 Å². The summed E-state index contributed by atoms with van der Waals surface area (Å²) in [7, 11) is 0. The van der Waals surface area contributed by atoms with Crippen molar-refractivity contribution >= 4 is 6.40 Å². The minimum atomic E-state index is -0.214. The Morgan fingerprint density at radius 2 is 2.25 bits per heavy atom. The van der Waals surface area contributed by atoms with Gasteiger partial charge in [-0.2, -0.15) is 10.5 Å². The second-order valence-electron chi connectivity index (χ2n) is 1.68. The van der Waals surface area contributed by atoms with Crippen molar-refractivity contribution < 1.29 is 4.74 Å². The molecule has 0 spiro atoms. The molecule has 0 aliphatic carbocycles. The maximum absolute atomic E-state index is 8.42. The molecule has 0 aliphatic rings. The fourth-order valence-corrected chi connectivity index (χ4v) is 0.376. The molecule has 0 heterocycles. The van der Waals surface area contributed by atoms with E-state index in [9.17, 15) is 0 Å². The molecule has 0 atom stereocenters. The van der Waals surface area contributed by atoms with Crippen LogP contribution in [0.1, 0.15) is 6.92 Å². The first-order valence-electron chi connectivity index (χ1n) is 3.20. The summed E-state index contributed by atoms with van der Waals surface area (Å²) in [6.45, 7) is 2.23. The van der Waals surface area contributed by atoms with Crippen LogP contribution in [0.5, 0.6) is 0 Å². The highest BCUT2D eigenvalue weighted by Gasteiger charge is 1.97. The van der Waals surface area contributed by atoms with Crippen LogP contribution in [-0.2, 0) is 4.74 Å². The van der Waals surface area contributed by atoms with E-state index < -0.39 is 0 Å². The fourth-order valence-electron chi connectivity index (χ4n) is 0.376. The summed E-state index contributed by atoms with van der Waals surface area (Å²) in [5, 5.41) is 16.7. The van der Waals surface area contributed by atoms with Crippen LogP contribution in [-0.4, -0.2) is 13.0 Å². The van der Waals surface area contributed by atoms with Gasteiger partial charge in [0.25, 0.3) is 0 Å². The Kier molecular flexibility index (Phi) is 4.79. The zero-order valence-corrected chi connectivity index (χ0v) is 6.61. The second kappa shape index (κ2) is 5.75. The Hall–Kier alpha value is -2.01. The third kappa shape index (κ3) is 3.23. The molecule has 0 unspecified atom stereocenters. The normalized spacial score (nSPS) is 11.6. The van der Waals surface area contributed by atoms with E-state index in [0.29, 0.717) is 6.61 Å². The van der Waals surface area contributed by atoms with Crippen molar-refractivity contribution in [2.45, 2.75) is 6.92 Å². The Bertz CT molecular complexity index is 279. The number of aliphatic imine (C=N–C) groups is 1. The highest BCUT2D eigenvalue weighted by molar-refractivity contribution is 5.52. The van der Waals surface area contributed by atoms with Crippen LogP contribution in [0.15, 0.2) is 16.4 Å². The molecule has 0 radical (unpaired) electrons. The first-order chi connectivity index (χ1) is 5.76. The number of rotatable bonds is 3. The van der Waals surface area contributed by atoms with Gasteiger partial charge in [0.05, 0.1) is 6.61 Å². The monoisotopic (exact) mass is 164 g/mol. The SMILES string of the molecule is CCOC=N/C(C#N)=C(/N)C#N. The van der Waals surface area contributed by atoms with Crippen LogP contribution in [0.2, 0.25) is 0 Å². The highest BCUT2D eigenvalue weighted by Crippen LogP contribution is 1.96. The molecule has 0 saturated heterocycles. The van der Waals surface area contributed by atoms with E-state index in [1.165, 1.54) is 0 Å². The number of nitrogens with zero attached hydrogens (tertiary/aromatic N) is 3. The lowest BCUT2D eigenvalue weighted by molar-refractivity contribution is 0.343. The molecule has 0 bridgehead atoms. The van der Waals surface area contributed by atoms with E-state index in [1.807, 2.05) is 0 Å². The molecule has 5 nitrogen and oxygen atoms in total. The van der Waals surface area contributed by atoms with Crippen molar-refractivity contribution in [1.29, 1.82) is 10.5 Å². The first-order valence-corrected chi connectivity index (χ1v) is 3.20. The van der Waals surface area contributed by atoms with Crippen LogP contribution in [0.25, 0.3) is 0 Å². The number of hydrogen-bond donors (Lipinski definition) is 1. The van der Waals surface area contributed by atoms with Crippen molar-refractivity contribution in [3.63, 3.8) is 0 Å². The van der Waals surface area contributed by atoms with Gasteiger partial charge in [-0.25, -0.2) is 4.99 Å². The molecule has 0 aromatic carbocycles. The summed E-state index contributed by atoms with van der Waals surface area (Å²) >= 11 is 0. The van der Waals surface area contributed by atoms with E-state index in [4.69, 9.17) is 21.0 Å². The third-order valence-corrected chi connectivity index (χ3v) is 0.904. The highest BCUT2D eigenvalue weighted by atomic mass is 16.5. The average molecular weight is 164 g/mol. The molecule has 62 valence electrons. The lowest BCUT2D eigenvalue weighted by Gasteiger charge is -1.91. The molecule has 0 amide bonds. The largest absolute Gasteiger partial charge is 0.483 e. The Balaban J connectivity index is 4.43. The van der Waals surface area contributed by atoms with Crippen molar-refractivity contribution in [3.05, 3.63) is 11.4 Å². The molecular formula is C7H8N4O. The van der Waals surface area contributed by atoms with Crippen LogP contribution < -0.4 is 5.73 Å². The van der Waals surface area contributed by atoms with E-state index in [2.05, 4.69) is 4.99 Å². The second-order valence-corrected chi connectivity index (χ2v) is 1.68. The Morgan fingerprint density at radius 3 is 2.67 bits per heavy atom. The maximum atomic E-state index is 8.42. The van der Waals surface area contributed by atoms with Gasteiger partial charge in [-0.3, -0.25) is 0 Å². The van der Waals surface area contributed by atoms with E-state index in [-0.39, 0.29) is 11.4 Å². The smallest absolute Gasteiger partial charge is 0.177 e. The van der Waals surface area contributed by atoms with E-state index in [1.54, 1.807) is 19.1 Å². The maximum Gasteiger partial charge on any atom is 0.177 e. The molecule has 12 heavy (non-hydrogen) atoms. The fraction of sp³-hybridized carbons (Fsp3) is 0.286. The van der Waals surface area contributed by atoms with Gasteiger partial charge in [-0.1, -0.05) is 0 Å². The Labute approximate surface area is 70.4 Å². The van der Waals surface area contributed by atoms with Gasteiger partial charge < -0.3 is 10.5 Å². The zero-order valence-electron chi connectivity index (χ0n) is 6.61. The van der Waals surface area contributed by atoms with Crippen molar-refractivity contribution in [1.82, 2.24) is 0 Å². The molecule has 0 aromatic heterocycles. The van der Waals surface area contributed by atoms with Gasteiger partial charge in [-0.15, -0.1) is 0 Å². The summed E-state index contributed by atoms with van der Waals surface area (Å²) in [6, 6.07) is 3.27. The van der Waals surface area contributed by atoms with Crippen molar-refractivity contribution in [3.8, 4) is 12.1 Å². The molecular weight excluding hydrogens is 156 g/mol. The molecule has 0 fully saturated rings. The van der Waals surface area contributed by atoms with Crippen molar-refractivity contribution in [2.24, 2.45) is 10.7 Å². The number of allylic oxidation sites excluding steroid dienone is 2. The van der Waals surface area contributed by atoms with E-state index >= 15 is 0 Å². The summed E-state index contributed by atoms with van der Waals surface area (Å²) in [4.78, 5) is 3.53. The van der Waals surface area contributed by atoms with Crippen LogP contribution in [0.3, 0.4) is 0 Å². The standard InChI is InChI=1S/C7H8N4O/c1-2-12-5-11-7(4-9)6(10)3-8/h5H,2,10H2,1H3/b7-6+,11-5?. The van der Waals surface area contributed by atoms with Crippen LogP contribution >= 0.6 is 0 Å². The number of ether oxygens (including phenoxy) is 1. The summed E-state index contributed by atoms with van der Waals surface area (Å²) in [6.07, 6.45) is 1.09. The van der Waals surface area contributed by atoms with Gasteiger partial charge in [0, 0.05) is 0 Å². The quantitative estimate of drug-likeness (QED) is 0.368. The molecule has 0 aliphatic heterocycles. The summed E-state index contributed by atoms with van der Waals surface area (Å²) in [5.41, 5.74) is 4.79. The Morgan fingerprint density at radius 1 is 1.58 bits per heavy atom. The number of nitrogens with two attached hydrogens (primary N) is 1. The van der Waals surface area contributed by atoms with Crippen molar-refractivity contribution in [2.75, 3.05) is 6.61 Å². The predicted molar refractivity (Wildman–Crippen MR) is 42.6 cm³/mol. The lowest BCUT2D eigenvalue weighted by Crippen LogP contribution is -1.98. The number of hydrogen-bond acceptors (Lipinski definition) is 5. The molecule has 2 N–H and O–H groups in total. The predicted octanol–water partition coefficient (Wildman–Crippen LogP) is 0.269. The average Bonchev–Trinajstić information content (AvgIpc) is 2.11. The van der Waals surface area contributed by atoms with Crippen LogP contribution in [0.4, 0.5) is 0 Å². The minimum Gasteiger partial charge on any atom is -0.483 e. The summed E-state index contributed by atoms with van der Waals surface area (Å²) in [5.74, 6) is 0. The molecule has 0 rings (SSSR count). The zero-order chi connectivity index (χ0) is 9.40. The molecule has 0 aromatic rings. The lowest BCUT2D eigenvalue weighted by atomic mass is 10.4. The number of nitriles is 2. The third-order valence-electron chi connectivity index (χ3n) is 0.904. The molecule has 0 saturated carbocycles. The molecule has 5 heteroatoms. The van der Waals surface area contributed by atoms with Gasteiger partial charge in [0.15, 0.2) is 12.1 Å². The van der Waals surface area contributed by atoms with Gasteiger partial charge in [-0.05, 0) is 6.92 Å².